The number of piperidine rings is 1. The Bertz CT molecular complexity index is 1260. The van der Waals surface area contributed by atoms with Crippen LogP contribution in [0.3, 0.4) is 0 Å². The number of carbonyl (C=O) groups excluding carboxylic acids is 1. The summed E-state index contributed by atoms with van der Waals surface area (Å²) in [4.78, 5) is 32.1. The van der Waals surface area contributed by atoms with Crippen LogP contribution in [-0.4, -0.2) is 93.0 Å². The van der Waals surface area contributed by atoms with Crippen LogP contribution < -0.4 is 9.64 Å². The van der Waals surface area contributed by atoms with Gasteiger partial charge in [0.05, 0.1) is 23.0 Å². The van der Waals surface area contributed by atoms with Crippen molar-refractivity contribution in [3.63, 3.8) is 0 Å². The van der Waals surface area contributed by atoms with Gasteiger partial charge in [-0.15, -0.1) is 0 Å². The first kappa shape index (κ1) is 26.7. The van der Waals surface area contributed by atoms with E-state index in [9.17, 15) is 9.18 Å². The minimum absolute atomic E-state index is 0.0304. The fourth-order valence-corrected chi connectivity index (χ4v) is 6.94. The largest absolute Gasteiger partial charge is 0.461 e. The predicted octanol–water partition coefficient (Wildman–Crippen LogP) is 4.75. The first-order valence-corrected chi connectivity index (χ1v) is 14.2. The number of alkyl halides is 1. The second-order valence-electron chi connectivity index (χ2n) is 12.4. The van der Waals surface area contributed by atoms with E-state index in [-0.39, 0.29) is 41.5 Å². The summed E-state index contributed by atoms with van der Waals surface area (Å²) in [5.41, 5.74) is -0.951. The maximum Gasteiger partial charge on any atom is 0.410 e. The number of pyridine rings is 1. The number of fused-ring (bicyclic) bond motifs is 4. The first-order chi connectivity index (χ1) is 18.5. The van der Waals surface area contributed by atoms with E-state index in [0.717, 1.165) is 38.6 Å². The van der Waals surface area contributed by atoms with Crippen LogP contribution >= 0.6 is 11.6 Å². The van der Waals surface area contributed by atoms with Gasteiger partial charge in [-0.1, -0.05) is 18.0 Å². The summed E-state index contributed by atoms with van der Waals surface area (Å²) in [6.07, 6.45) is 5.26. The Morgan fingerprint density at radius 2 is 1.92 bits per heavy atom. The molecule has 4 aliphatic heterocycles. The molecule has 39 heavy (non-hydrogen) atoms. The van der Waals surface area contributed by atoms with Crippen LogP contribution in [0.15, 0.2) is 6.20 Å². The van der Waals surface area contributed by atoms with Crippen LogP contribution in [-0.2, 0) is 4.74 Å². The van der Waals surface area contributed by atoms with Gasteiger partial charge in [-0.25, -0.2) is 18.6 Å². The standard InChI is InChI=1S/C27H35ClF2N6O3/c1-26(2,3)39-25(37)36-17-6-7-18(36)14-34(13-17)23-19-11-31-22(28)20(30)21(19)32-24(33-23)38-15-27-8-4-5-9-35(27)12-16(29)10-27/h11,16-18H,4-10,12-15H2,1-3H3/t16-,17-,18+,27+/m1/s1. The van der Waals surface area contributed by atoms with Crippen LogP contribution in [0.25, 0.3) is 10.9 Å². The summed E-state index contributed by atoms with van der Waals surface area (Å²) in [5.74, 6) is -0.244. The van der Waals surface area contributed by atoms with E-state index in [0.29, 0.717) is 37.3 Å². The topological polar surface area (TPSA) is 83.9 Å². The lowest BCUT2D eigenvalue weighted by Crippen LogP contribution is -2.57. The molecular formula is C27H35ClF2N6O3. The van der Waals surface area contributed by atoms with Gasteiger partial charge in [0.25, 0.3) is 0 Å². The van der Waals surface area contributed by atoms with E-state index in [4.69, 9.17) is 26.1 Å². The van der Waals surface area contributed by atoms with Crippen molar-refractivity contribution in [2.24, 2.45) is 0 Å². The highest BCUT2D eigenvalue weighted by Gasteiger charge is 2.48. The third kappa shape index (κ3) is 4.96. The molecule has 0 N–H and O–H groups in total. The zero-order valence-electron chi connectivity index (χ0n) is 22.6. The number of piperazine rings is 1. The summed E-state index contributed by atoms with van der Waals surface area (Å²) in [7, 11) is 0. The van der Waals surface area contributed by atoms with Gasteiger partial charge in [-0.3, -0.25) is 9.80 Å². The lowest BCUT2D eigenvalue weighted by molar-refractivity contribution is 0.0122. The normalized spacial score (nSPS) is 29.1. The number of carbonyl (C=O) groups is 1. The van der Waals surface area contributed by atoms with Gasteiger partial charge in [-0.05, 0) is 53.0 Å². The van der Waals surface area contributed by atoms with E-state index in [1.165, 1.54) is 6.20 Å². The molecule has 2 aromatic rings. The Hall–Kier alpha value is -2.53. The van der Waals surface area contributed by atoms with Crippen LogP contribution in [0.5, 0.6) is 6.01 Å². The quantitative estimate of drug-likeness (QED) is 0.492. The van der Waals surface area contributed by atoms with E-state index in [1.54, 1.807) is 0 Å². The van der Waals surface area contributed by atoms with Crippen molar-refractivity contribution in [1.29, 1.82) is 0 Å². The van der Waals surface area contributed by atoms with Crippen molar-refractivity contribution in [1.82, 2.24) is 24.8 Å². The summed E-state index contributed by atoms with van der Waals surface area (Å²) in [6.45, 7) is 8.07. The molecule has 212 valence electrons. The van der Waals surface area contributed by atoms with Crippen molar-refractivity contribution in [2.75, 3.05) is 37.7 Å². The summed E-state index contributed by atoms with van der Waals surface area (Å²) >= 11 is 6.02. The zero-order chi connectivity index (χ0) is 27.5. The summed E-state index contributed by atoms with van der Waals surface area (Å²) < 4.78 is 41.4. The second-order valence-corrected chi connectivity index (χ2v) is 12.7. The van der Waals surface area contributed by atoms with Crippen LogP contribution in [0.1, 0.15) is 59.3 Å². The van der Waals surface area contributed by atoms with E-state index < -0.39 is 23.1 Å². The second kappa shape index (κ2) is 9.83. The number of rotatable bonds is 4. The number of hydrogen-bond donors (Lipinski definition) is 0. The fraction of sp³-hybridized carbons (Fsp3) is 0.704. The van der Waals surface area contributed by atoms with E-state index in [2.05, 4.69) is 14.9 Å². The van der Waals surface area contributed by atoms with Gasteiger partial charge in [0.1, 0.15) is 29.7 Å². The number of halogens is 3. The van der Waals surface area contributed by atoms with Crippen molar-refractivity contribution < 1.29 is 23.0 Å². The van der Waals surface area contributed by atoms with Crippen LogP contribution in [0.4, 0.5) is 19.4 Å². The molecule has 4 fully saturated rings. The molecule has 0 spiro atoms. The van der Waals surface area contributed by atoms with Crippen LogP contribution in [0, 0.1) is 5.82 Å². The maximum absolute atomic E-state index is 15.2. The van der Waals surface area contributed by atoms with E-state index >= 15 is 4.39 Å². The third-order valence-corrected chi connectivity index (χ3v) is 8.73. The van der Waals surface area contributed by atoms with E-state index in [1.807, 2.05) is 30.6 Å². The molecule has 0 aromatic carbocycles. The Morgan fingerprint density at radius 1 is 1.18 bits per heavy atom. The van der Waals surface area contributed by atoms with Gasteiger partial charge >= 0.3 is 12.1 Å². The number of amides is 1. The highest BCUT2D eigenvalue weighted by Crippen LogP contribution is 2.40. The van der Waals surface area contributed by atoms with Crippen molar-refractivity contribution in [3.05, 3.63) is 17.2 Å². The molecule has 0 saturated carbocycles. The number of ether oxygens (including phenoxy) is 2. The van der Waals surface area contributed by atoms with Gasteiger partial charge in [0, 0.05) is 32.3 Å². The van der Waals surface area contributed by atoms with Gasteiger partial charge in [0.15, 0.2) is 11.0 Å². The van der Waals surface area contributed by atoms with Gasteiger partial charge in [-0.2, -0.15) is 9.97 Å². The molecular weight excluding hydrogens is 530 g/mol. The highest BCUT2D eigenvalue weighted by atomic mass is 35.5. The third-order valence-electron chi connectivity index (χ3n) is 8.47. The lowest BCUT2D eigenvalue weighted by Gasteiger charge is -2.42. The molecule has 1 amide bonds. The minimum atomic E-state index is -0.890. The molecule has 4 aliphatic rings. The Kier molecular flexibility index (Phi) is 6.73. The molecule has 12 heteroatoms. The van der Waals surface area contributed by atoms with Crippen molar-refractivity contribution in [2.45, 2.75) is 88.7 Å². The molecule has 6 heterocycles. The molecule has 0 aliphatic carbocycles. The summed E-state index contributed by atoms with van der Waals surface area (Å²) in [5, 5.41) is 0.151. The monoisotopic (exact) mass is 564 g/mol. The predicted molar refractivity (Wildman–Crippen MR) is 143 cm³/mol. The van der Waals surface area contributed by atoms with Crippen molar-refractivity contribution in [3.8, 4) is 6.01 Å². The number of nitrogens with zero attached hydrogens (tertiary/aromatic N) is 6. The average Bonchev–Trinajstić information content (AvgIpc) is 3.36. The highest BCUT2D eigenvalue weighted by molar-refractivity contribution is 6.30. The molecule has 2 aromatic heterocycles. The molecule has 0 radical (unpaired) electrons. The Labute approximate surface area is 231 Å². The average molecular weight is 565 g/mol. The van der Waals surface area contributed by atoms with Gasteiger partial charge < -0.3 is 14.4 Å². The fourth-order valence-electron chi connectivity index (χ4n) is 6.80. The molecule has 4 atom stereocenters. The number of anilines is 1. The molecule has 6 rings (SSSR count). The molecule has 2 bridgehead atoms. The molecule has 4 saturated heterocycles. The maximum atomic E-state index is 15.2. The first-order valence-electron chi connectivity index (χ1n) is 13.8. The van der Waals surface area contributed by atoms with Crippen LogP contribution in [0.2, 0.25) is 5.15 Å². The molecule has 0 unspecified atom stereocenters. The number of hydrogen-bond acceptors (Lipinski definition) is 8. The minimum Gasteiger partial charge on any atom is -0.461 e. The zero-order valence-corrected chi connectivity index (χ0v) is 23.4. The van der Waals surface area contributed by atoms with Crippen molar-refractivity contribution >= 4 is 34.4 Å². The lowest BCUT2D eigenvalue weighted by atomic mass is 9.87. The smallest absolute Gasteiger partial charge is 0.410 e. The Morgan fingerprint density at radius 3 is 2.64 bits per heavy atom. The SMILES string of the molecule is CC(C)(C)OC(=O)N1[C@@H]2CC[C@H]1CN(c1nc(OC[C@@]34CCCCN3C[C@H](F)C4)nc3c(F)c(Cl)ncc13)C2. The summed E-state index contributed by atoms with van der Waals surface area (Å²) in [6, 6.07) is -0.0942. The van der Waals surface area contributed by atoms with Gasteiger partial charge in [0.2, 0.25) is 0 Å². The molecule has 9 nitrogen and oxygen atoms in total. The number of aromatic nitrogens is 3. The Balaban J connectivity index is 1.29.